The van der Waals surface area contributed by atoms with Gasteiger partial charge in [0.15, 0.2) is 0 Å². The number of amides is 5. The van der Waals surface area contributed by atoms with Gasteiger partial charge in [-0.3, -0.25) is 29.4 Å². The number of hydrogen-bond donors (Lipinski definition) is 5. The molecule has 11 atom stereocenters. The van der Waals surface area contributed by atoms with Gasteiger partial charge in [0.25, 0.3) is 0 Å². The molecule has 0 radical (unpaired) electrons. The van der Waals surface area contributed by atoms with Gasteiger partial charge in [0.2, 0.25) is 23.6 Å². The fourth-order valence-corrected chi connectivity index (χ4v) is 9.56. The molecule has 5 amide bonds. The summed E-state index contributed by atoms with van der Waals surface area (Å²) in [4.78, 5) is 72.5. The number of carboxylic acid groups (broad SMARTS) is 1. The van der Waals surface area contributed by atoms with Crippen molar-refractivity contribution in [1.82, 2.24) is 25.3 Å². The summed E-state index contributed by atoms with van der Waals surface area (Å²) < 4.78 is 12.0. The zero-order valence-corrected chi connectivity index (χ0v) is 35.4. The van der Waals surface area contributed by atoms with Crippen LogP contribution in [0.15, 0.2) is 24.3 Å². The summed E-state index contributed by atoms with van der Waals surface area (Å²) in [6, 6.07) is 4.70. The van der Waals surface area contributed by atoms with Crippen molar-refractivity contribution in [1.29, 1.82) is 0 Å². The number of likely N-dealkylation sites (N-methyl/N-ethyl adjacent to an activating group) is 2. The highest BCUT2D eigenvalue weighted by atomic mass is 16.5. The Balaban J connectivity index is 1.44. The van der Waals surface area contributed by atoms with Gasteiger partial charge < -0.3 is 40.1 Å². The number of anilines is 1. The number of nitrogens with zero attached hydrogens (tertiary/aromatic N) is 3. The van der Waals surface area contributed by atoms with Gasteiger partial charge in [-0.05, 0) is 81.0 Å². The van der Waals surface area contributed by atoms with Crippen LogP contribution in [0.5, 0.6) is 0 Å². The first-order valence-electron chi connectivity index (χ1n) is 20.7. The molecule has 15 nitrogen and oxygen atoms in total. The molecule has 1 saturated carbocycles. The minimum atomic E-state index is -1.19. The monoisotopic (exact) mass is 801 g/mol. The number of rotatable bonds is 20. The second kappa shape index (κ2) is 20.8. The second-order valence-corrected chi connectivity index (χ2v) is 16.9. The highest BCUT2D eigenvalue weighted by Gasteiger charge is 2.49. The van der Waals surface area contributed by atoms with E-state index in [9.17, 15) is 29.1 Å². The van der Waals surface area contributed by atoms with Crippen molar-refractivity contribution >= 4 is 35.4 Å². The number of carbonyl (C=O) groups excluding carboxylic acids is 4. The topological polar surface area (TPSA) is 190 Å². The van der Waals surface area contributed by atoms with Gasteiger partial charge in [-0.25, -0.2) is 4.79 Å². The molecule has 4 rings (SSSR count). The van der Waals surface area contributed by atoms with E-state index in [0.717, 1.165) is 37.7 Å². The van der Waals surface area contributed by atoms with Crippen LogP contribution in [0.25, 0.3) is 0 Å². The molecular formula is C42H68N6O9. The smallest absolute Gasteiger partial charge is 0.409 e. The molecule has 15 heteroatoms. The molecule has 1 aromatic carbocycles. The quantitative estimate of drug-likeness (QED) is 0.131. The average Bonchev–Trinajstić information content (AvgIpc) is 3.93. The van der Waals surface area contributed by atoms with Crippen molar-refractivity contribution in [3.63, 3.8) is 0 Å². The molecule has 2 aliphatic heterocycles. The number of methoxy groups -OCH3 is 2. The summed E-state index contributed by atoms with van der Waals surface area (Å²) in [6.07, 6.45) is 3.04. The maximum absolute atomic E-state index is 14.3. The van der Waals surface area contributed by atoms with E-state index in [1.54, 1.807) is 55.1 Å². The van der Waals surface area contributed by atoms with E-state index in [1.807, 2.05) is 34.7 Å². The van der Waals surface area contributed by atoms with E-state index < -0.39 is 48.4 Å². The first-order valence-corrected chi connectivity index (χ1v) is 20.7. The molecule has 2 bridgehead atoms. The Morgan fingerprint density at radius 3 is 2.32 bits per heavy atom. The molecule has 2 heterocycles. The van der Waals surface area contributed by atoms with Crippen LogP contribution in [0.4, 0.5) is 10.5 Å². The highest BCUT2D eigenvalue weighted by molar-refractivity contribution is 5.90. The lowest BCUT2D eigenvalue weighted by Crippen LogP contribution is -2.60. The predicted molar refractivity (Wildman–Crippen MR) is 216 cm³/mol. The van der Waals surface area contributed by atoms with Crippen LogP contribution in [-0.2, 0) is 35.1 Å². The van der Waals surface area contributed by atoms with Gasteiger partial charge >= 0.3 is 6.09 Å². The van der Waals surface area contributed by atoms with Gasteiger partial charge in [0, 0.05) is 39.5 Å². The van der Waals surface area contributed by atoms with Crippen LogP contribution in [-0.4, -0.2) is 145 Å². The normalized spacial score (nSPS) is 24.3. The number of piperidine rings is 1. The summed E-state index contributed by atoms with van der Waals surface area (Å²) >= 11 is 0. The van der Waals surface area contributed by atoms with Crippen LogP contribution in [0.3, 0.4) is 0 Å². The lowest BCUT2D eigenvalue weighted by molar-refractivity contribution is -0.148. The first-order chi connectivity index (χ1) is 27.1. The van der Waals surface area contributed by atoms with E-state index in [0.29, 0.717) is 30.6 Å². The van der Waals surface area contributed by atoms with Crippen molar-refractivity contribution in [2.24, 2.45) is 23.7 Å². The van der Waals surface area contributed by atoms with Crippen molar-refractivity contribution in [2.75, 3.05) is 46.8 Å². The predicted octanol–water partition coefficient (Wildman–Crippen LogP) is 3.34. The Labute approximate surface area is 338 Å². The molecule has 1 aliphatic carbocycles. The van der Waals surface area contributed by atoms with Crippen LogP contribution in [0.1, 0.15) is 85.1 Å². The molecule has 320 valence electrons. The Bertz CT molecular complexity index is 1540. The molecule has 0 aromatic heterocycles. The van der Waals surface area contributed by atoms with Gasteiger partial charge in [-0.15, -0.1) is 0 Å². The van der Waals surface area contributed by atoms with E-state index >= 15 is 0 Å². The van der Waals surface area contributed by atoms with Crippen molar-refractivity contribution in [2.45, 2.75) is 134 Å². The highest BCUT2D eigenvalue weighted by Crippen LogP contribution is 2.41. The zero-order valence-electron chi connectivity index (χ0n) is 35.4. The summed E-state index contributed by atoms with van der Waals surface area (Å²) in [5, 5.41) is 27.6. The molecule has 3 fully saturated rings. The molecule has 2 saturated heterocycles. The van der Waals surface area contributed by atoms with Crippen molar-refractivity contribution < 1.29 is 43.7 Å². The Morgan fingerprint density at radius 2 is 1.74 bits per heavy atom. The second-order valence-electron chi connectivity index (χ2n) is 16.9. The third-order valence-electron chi connectivity index (χ3n) is 12.9. The molecule has 5 N–H and O–H groups in total. The lowest BCUT2D eigenvalue weighted by Gasteiger charge is -2.41. The Hall–Kier alpha value is -3.79. The molecule has 3 aliphatic rings. The Kier molecular flexibility index (Phi) is 16.7. The molecule has 0 unspecified atom stereocenters. The average molecular weight is 801 g/mol. The number of benzene rings is 1. The number of likely N-dealkylation sites (tertiary alicyclic amines) is 2. The molecule has 0 spiro atoms. The van der Waals surface area contributed by atoms with E-state index in [1.165, 1.54) is 7.11 Å². The molecule has 1 aromatic rings. The lowest BCUT2D eigenvalue weighted by atomic mass is 9.89. The minimum absolute atomic E-state index is 0.00760. The summed E-state index contributed by atoms with van der Waals surface area (Å²) in [5.74, 6) is -1.39. The summed E-state index contributed by atoms with van der Waals surface area (Å²) in [7, 11) is 6.82. The van der Waals surface area contributed by atoms with Gasteiger partial charge in [0.1, 0.15) is 6.04 Å². The number of ether oxygens (including phenoxy) is 2. The van der Waals surface area contributed by atoms with Gasteiger partial charge in [-0.1, -0.05) is 53.2 Å². The molecule has 57 heavy (non-hydrogen) atoms. The van der Waals surface area contributed by atoms with Crippen molar-refractivity contribution in [3.8, 4) is 0 Å². The van der Waals surface area contributed by atoms with E-state index in [-0.39, 0.29) is 61.0 Å². The van der Waals surface area contributed by atoms with E-state index in [4.69, 9.17) is 14.6 Å². The first kappa shape index (κ1) is 45.9. The van der Waals surface area contributed by atoms with Crippen LogP contribution in [0.2, 0.25) is 0 Å². The maximum Gasteiger partial charge on any atom is 0.409 e. The molecular weight excluding hydrogens is 732 g/mol. The number of fused-ring (bicyclic) bond motifs is 2. The number of aliphatic hydroxyl groups excluding tert-OH is 1. The third kappa shape index (κ3) is 11.0. The van der Waals surface area contributed by atoms with Gasteiger partial charge in [0.05, 0.1) is 55.3 Å². The number of carbonyl (C=O) groups is 5. The SMILES string of the molecule is CC[C@H](C)[C@@H]([C@@H](CC(=O)N1CCC[C@H]1[C@H](OC)[C@@H](C)C(=O)N[C@H](CO)Cc1cccc(NC(=O)O)c1)OC)N(C)C(=O)[C@@H](NC(=O)[C@@H]1[C@H]2CC[C@H](C2)N1C)C(C)C. The maximum atomic E-state index is 14.3. The zero-order chi connectivity index (χ0) is 42.1. The fraction of sp³-hybridized carbons (Fsp3) is 0.738. The number of hydrogen-bond acceptors (Lipinski definition) is 9. The Morgan fingerprint density at radius 1 is 1.02 bits per heavy atom. The van der Waals surface area contributed by atoms with E-state index in [2.05, 4.69) is 20.9 Å². The number of nitrogens with one attached hydrogen (secondary N) is 3. The van der Waals surface area contributed by atoms with Crippen LogP contribution >= 0.6 is 0 Å². The van der Waals surface area contributed by atoms with Gasteiger partial charge in [-0.2, -0.15) is 0 Å². The fourth-order valence-electron chi connectivity index (χ4n) is 9.56. The summed E-state index contributed by atoms with van der Waals surface area (Å²) in [6.45, 7) is 9.84. The summed E-state index contributed by atoms with van der Waals surface area (Å²) in [5.41, 5.74) is 1.11. The third-order valence-corrected chi connectivity index (χ3v) is 12.9. The van der Waals surface area contributed by atoms with Crippen LogP contribution in [0, 0.1) is 23.7 Å². The standard InChI is InChI=1S/C42H68N6O9/c1-10-25(4)36(47(7)41(53)35(24(2)3)45-40(52)37-28-16-17-31(21-28)46(37)6)33(56-8)22-34(50)48-18-12-15-32(48)38(57-9)26(5)39(51)43-30(23-49)20-27-13-11-14-29(19-27)44-42(54)55/h11,13-14,19,24-26,28,30-33,35-38,44,49H,10,12,15-18,20-23H2,1-9H3,(H,43,51)(H,45,52)(H,54,55)/t25-,26+,28-,30-,31+,32-,33+,35-,36-,37-,38+/m0/s1. The minimum Gasteiger partial charge on any atom is -0.465 e. The number of aliphatic hydroxyl groups is 1. The van der Waals surface area contributed by atoms with Crippen molar-refractivity contribution in [3.05, 3.63) is 29.8 Å². The largest absolute Gasteiger partial charge is 0.465 e. The van der Waals surface area contributed by atoms with Crippen LogP contribution < -0.4 is 16.0 Å².